The Hall–Kier alpha value is -1.59. The van der Waals surface area contributed by atoms with Crippen LogP contribution in [0.2, 0.25) is 0 Å². The molecule has 0 saturated heterocycles. The van der Waals surface area contributed by atoms with E-state index in [1.54, 1.807) is 0 Å². The van der Waals surface area contributed by atoms with Crippen molar-refractivity contribution < 1.29 is 0 Å². The lowest BCUT2D eigenvalue weighted by Crippen LogP contribution is -2.09. The fraction of sp³-hybridized carbons (Fsp3) is 0.182. The zero-order valence-corrected chi connectivity index (χ0v) is 7.62. The first-order valence-corrected chi connectivity index (χ1v) is 4.07. The summed E-state index contributed by atoms with van der Waals surface area (Å²) in [7, 11) is 0. The number of nitrogens with zero attached hydrogens (tertiary/aromatic N) is 1. The molecule has 1 unspecified atom stereocenters. The SMILES string of the molecule is C=C(C)c1ccccc1C(N)C#N. The molecule has 0 aliphatic heterocycles. The van der Waals surface area contributed by atoms with E-state index in [2.05, 4.69) is 6.58 Å². The Morgan fingerprint density at radius 2 is 2.15 bits per heavy atom. The van der Waals surface area contributed by atoms with Crippen LogP contribution in [0.4, 0.5) is 0 Å². The maximum atomic E-state index is 8.69. The molecule has 0 aliphatic carbocycles. The number of nitrogens with two attached hydrogens (primary N) is 1. The van der Waals surface area contributed by atoms with E-state index in [-0.39, 0.29) is 0 Å². The Bertz CT molecular complexity index is 361. The summed E-state index contributed by atoms with van der Waals surface area (Å²) in [4.78, 5) is 0. The van der Waals surface area contributed by atoms with Crippen molar-refractivity contribution in [2.45, 2.75) is 13.0 Å². The normalized spacial score (nSPS) is 11.8. The highest BCUT2D eigenvalue weighted by Crippen LogP contribution is 2.21. The van der Waals surface area contributed by atoms with Crippen LogP contribution in [-0.2, 0) is 0 Å². The van der Waals surface area contributed by atoms with Gasteiger partial charge in [-0.05, 0) is 18.1 Å². The molecule has 0 amide bonds. The number of hydrogen-bond acceptors (Lipinski definition) is 2. The average Bonchev–Trinajstić information content (AvgIpc) is 2.16. The Morgan fingerprint density at radius 1 is 1.54 bits per heavy atom. The van der Waals surface area contributed by atoms with Crippen LogP contribution in [-0.4, -0.2) is 0 Å². The van der Waals surface area contributed by atoms with Gasteiger partial charge in [0.15, 0.2) is 0 Å². The van der Waals surface area contributed by atoms with Gasteiger partial charge >= 0.3 is 0 Å². The van der Waals surface area contributed by atoms with Gasteiger partial charge in [-0.15, -0.1) is 0 Å². The first-order chi connectivity index (χ1) is 6.16. The maximum Gasteiger partial charge on any atom is 0.119 e. The maximum absolute atomic E-state index is 8.69. The molecule has 1 aromatic carbocycles. The van der Waals surface area contributed by atoms with Gasteiger partial charge < -0.3 is 5.73 Å². The fourth-order valence-electron chi connectivity index (χ4n) is 1.23. The van der Waals surface area contributed by atoms with Gasteiger partial charge in [0.05, 0.1) is 6.07 Å². The van der Waals surface area contributed by atoms with Crippen molar-refractivity contribution >= 4 is 5.57 Å². The molecule has 0 aliphatic rings. The van der Waals surface area contributed by atoms with Crippen LogP contribution in [0.5, 0.6) is 0 Å². The van der Waals surface area contributed by atoms with Crippen molar-refractivity contribution in [1.82, 2.24) is 0 Å². The van der Waals surface area contributed by atoms with E-state index in [1.807, 2.05) is 37.3 Å². The highest BCUT2D eigenvalue weighted by molar-refractivity contribution is 5.65. The molecule has 0 heterocycles. The third kappa shape index (κ3) is 1.95. The zero-order valence-electron chi connectivity index (χ0n) is 7.62. The minimum Gasteiger partial charge on any atom is -0.312 e. The third-order valence-electron chi connectivity index (χ3n) is 1.89. The minimum absolute atomic E-state index is 0.562. The van der Waals surface area contributed by atoms with Crippen molar-refractivity contribution in [3.63, 3.8) is 0 Å². The highest BCUT2D eigenvalue weighted by atomic mass is 14.6. The Labute approximate surface area is 78.3 Å². The summed E-state index contributed by atoms with van der Waals surface area (Å²) in [5, 5.41) is 8.69. The van der Waals surface area contributed by atoms with Gasteiger partial charge in [-0.1, -0.05) is 36.4 Å². The lowest BCUT2D eigenvalue weighted by atomic mass is 9.97. The van der Waals surface area contributed by atoms with Gasteiger partial charge in [0.25, 0.3) is 0 Å². The smallest absolute Gasteiger partial charge is 0.119 e. The van der Waals surface area contributed by atoms with Gasteiger partial charge in [-0.25, -0.2) is 0 Å². The molecule has 2 heteroatoms. The molecule has 2 nitrogen and oxygen atoms in total. The van der Waals surface area contributed by atoms with Crippen LogP contribution in [0.3, 0.4) is 0 Å². The predicted octanol–water partition coefficient (Wildman–Crippen LogP) is 2.24. The predicted molar refractivity (Wildman–Crippen MR) is 53.7 cm³/mol. The Kier molecular flexibility index (Phi) is 2.84. The summed E-state index contributed by atoms with van der Waals surface area (Å²) in [6, 6.07) is 9.02. The Morgan fingerprint density at radius 3 is 2.69 bits per heavy atom. The molecular weight excluding hydrogens is 160 g/mol. The van der Waals surface area contributed by atoms with Gasteiger partial charge in [0.1, 0.15) is 6.04 Å². The number of rotatable bonds is 2. The molecule has 0 fully saturated rings. The fourth-order valence-corrected chi connectivity index (χ4v) is 1.23. The number of allylic oxidation sites excluding steroid dienone is 1. The van der Waals surface area contributed by atoms with Crippen LogP contribution >= 0.6 is 0 Å². The van der Waals surface area contributed by atoms with Crippen molar-refractivity contribution in [2.75, 3.05) is 0 Å². The van der Waals surface area contributed by atoms with Crippen LogP contribution in [0.15, 0.2) is 30.8 Å². The molecule has 1 aromatic rings. The van der Waals surface area contributed by atoms with E-state index in [0.29, 0.717) is 0 Å². The summed E-state index contributed by atoms with van der Waals surface area (Å²) < 4.78 is 0. The molecule has 0 bridgehead atoms. The summed E-state index contributed by atoms with van der Waals surface area (Å²) in [6.07, 6.45) is 0. The second-order valence-corrected chi connectivity index (χ2v) is 2.97. The van der Waals surface area contributed by atoms with Gasteiger partial charge in [-0.3, -0.25) is 0 Å². The van der Waals surface area contributed by atoms with Gasteiger partial charge in [-0.2, -0.15) is 5.26 Å². The van der Waals surface area contributed by atoms with Crippen molar-refractivity contribution in [3.05, 3.63) is 42.0 Å². The largest absolute Gasteiger partial charge is 0.312 e. The van der Waals surface area contributed by atoms with Crippen molar-refractivity contribution in [2.24, 2.45) is 5.73 Å². The van der Waals surface area contributed by atoms with E-state index in [9.17, 15) is 0 Å². The quantitative estimate of drug-likeness (QED) is 0.743. The standard InChI is InChI=1S/C11H12N2/c1-8(2)9-5-3-4-6-10(9)11(13)7-12/h3-6,11H,1,13H2,2H3. The first-order valence-electron chi connectivity index (χ1n) is 4.07. The second-order valence-electron chi connectivity index (χ2n) is 2.97. The number of benzene rings is 1. The summed E-state index contributed by atoms with van der Waals surface area (Å²) in [5.74, 6) is 0. The van der Waals surface area contributed by atoms with E-state index >= 15 is 0 Å². The van der Waals surface area contributed by atoms with Crippen molar-refractivity contribution in [1.29, 1.82) is 5.26 Å². The molecule has 66 valence electrons. The summed E-state index contributed by atoms with van der Waals surface area (Å²) >= 11 is 0. The van der Waals surface area contributed by atoms with Crippen LogP contribution in [0.25, 0.3) is 5.57 Å². The topological polar surface area (TPSA) is 49.8 Å². The van der Waals surface area contributed by atoms with Crippen LogP contribution in [0.1, 0.15) is 24.1 Å². The van der Waals surface area contributed by atoms with Crippen molar-refractivity contribution in [3.8, 4) is 6.07 Å². The average molecular weight is 172 g/mol. The van der Waals surface area contributed by atoms with E-state index in [0.717, 1.165) is 16.7 Å². The number of nitriles is 1. The Balaban J connectivity index is 3.21. The second kappa shape index (κ2) is 3.88. The van der Waals surface area contributed by atoms with Gasteiger partial charge in [0, 0.05) is 0 Å². The molecule has 0 aromatic heterocycles. The molecule has 13 heavy (non-hydrogen) atoms. The molecule has 0 radical (unpaired) electrons. The lowest BCUT2D eigenvalue weighted by molar-refractivity contribution is 0.921. The van der Waals surface area contributed by atoms with E-state index in [1.165, 1.54) is 0 Å². The summed E-state index contributed by atoms with van der Waals surface area (Å²) in [6.45, 7) is 5.74. The molecule has 1 atom stereocenters. The third-order valence-corrected chi connectivity index (χ3v) is 1.89. The molecule has 0 spiro atoms. The van der Waals surface area contributed by atoms with Gasteiger partial charge in [0.2, 0.25) is 0 Å². The molecular formula is C11H12N2. The highest BCUT2D eigenvalue weighted by Gasteiger charge is 2.08. The first kappa shape index (κ1) is 9.50. The monoisotopic (exact) mass is 172 g/mol. The molecule has 1 rings (SSSR count). The molecule has 2 N–H and O–H groups in total. The summed E-state index contributed by atoms with van der Waals surface area (Å²) in [5.41, 5.74) is 8.38. The van der Waals surface area contributed by atoms with E-state index < -0.39 is 6.04 Å². The number of hydrogen-bond donors (Lipinski definition) is 1. The zero-order chi connectivity index (χ0) is 9.84. The lowest BCUT2D eigenvalue weighted by Gasteiger charge is -2.09. The minimum atomic E-state index is -0.562. The molecule has 0 saturated carbocycles. The van der Waals surface area contributed by atoms with E-state index in [4.69, 9.17) is 11.0 Å². The van der Waals surface area contributed by atoms with Crippen LogP contribution < -0.4 is 5.73 Å². The van der Waals surface area contributed by atoms with Crippen LogP contribution in [0, 0.1) is 11.3 Å².